The summed E-state index contributed by atoms with van der Waals surface area (Å²) in [7, 11) is 0. The van der Waals surface area contributed by atoms with Crippen LogP contribution in [0.1, 0.15) is 15.2 Å². The van der Waals surface area contributed by atoms with Gasteiger partial charge in [0, 0.05) is 19.5 Å². The second kappa shape index (κ2) is 5.23. The molecule has 0 unspecified atom stereocenters. The lowest BCUT2D eigenvalue weighted by atomic mass is 10.1. The summed E-state index contributed by atoms with van der Waals surface area (Å²) in [6.07, 6.45) is 0. The number of carboxylic acid groups (broad SMARTS) is 1. The number of hydrogen-bond donors (Lipinski definition) is 1. The third-order valence-corrected chi connectivity index (χ3v) is 5.34. The second-order valence-corrected chi connectivity index (χ2v) is 6.83. The molecule has 3 rings (SSSR count). The van der Waals surface area contributed by atoms with Crippen LogP contribution in [0, 0.1) is 6.92 Å². The van der Waals surface area contributed by atoms with Gasteiger partial charge in [-0.05, 0) is 48.9 Å². The van der Waals surface area contributed by atoms with Crippen LogP contribution in [0.5, 0.6) is 0 Å². The van der Waals surface area contributed by atoms with Crippen LogP contribution in [0.2, 0.25) is 0 Å². The van der Waals surface area contributed by atoms with E-state index in [-0.39, 0.29) is 0 Å². The predicted octanol–water partition coefficient (Wildman–Crippen LogP) is 5.15. The quantitative estimate of drug-likeness (QED) is 0.726. The minimum atomic E-state index is -0.891. The fourth-order valence-corrected chi connectivity index (χ4v) is 3.94. The monoisotopic (exact) mass is 300 g/mol. The summed E-state index contributed by atoms with van der Waals surface area (Å²) in [5.41, 5.74) is 1.37. The molecule has 0 atom stereocenters. The largest absolute Gasteiger partial charge is 0.478 e. The van der Waals surface area contributed by atoms with Crippen molar-refractivity contribution >= 4 is 28.6 Å². The SMILES string of the molecule is Cc1ccc(-c2ccc(-c3ccc(C(=O)O)cc3)s2)s1. The van der Waals surface area contributed by atoms with E-state index < -0.39 is 5.97 Å². The molecule has 1 aromatic carbocycles. The highest BCUT2D eigenvalue weighted by Gasteiger charge is 2.08. The zero-order chi connectivity index (χ0) is 14.1. The van der Waals surface area contributed by atoms with Gasteiger partial charge in [0.05, 0.1) is 5.56 Å². The molecule has 0 aliphatic heterocycles. The molecule has 2 nitrogen and oxygen atoms in total. The Hall–Kier alpha value is -1.91. The van der Waals surface area contributed by atoms with E-state index >= 15 is 0 Å². The smallest absolute Gasteiger partial charge is 0.335 e. The molecule has 1 N–H and O–H groups in total. The molecular formula is C16H12O2S2. The average molecular weight is 300 g/mol. The number of aryl methyl sites for hydroxylation is 1. The highest BCUT2D eigenvalue weighted by Crippen LogP contribution is 2.37. The van der Waals surface area contributed by atoms with Crippen molar-refractivity contribution in [3.8, 4) is 20.2 Å². The first-order valence-electron chi connectivity index (χ1n) is 6.14. The van der Waals surface area contributed by atoms with Crippen molar-refractivity contribution in [2.45, 2.75) is 6.92 Å². The Morgan fingerprint density at radius 3 is 2.05 bits per heavy atom. The van der Waals surface area contributed by atoms with Gasteiger partial charge in [0.1, 0.15) is 0 Å². The normalized spacial score (nSPS) is 10.7. The molecule has 0 fully saturated rings. The van der Waals surface area contributed by atoms with Gasteiger partial charge in [0.25, 0.3) is 0 Å². The minimum Gasteiger partial charge on any atom is -0.478 e. The molecule has 0 radical (unpaired) electrons. The molecule has 0 aliphatic carbocycles. The van der Waals surface area contributed by atoms with Gasteiger partial charge in [-0.3, -0.25) is 0 Å². The van der Waals surface area contributed by atoms with E-state index in [9.17, 15) is 4.79 Å². The number of carbonyl (C=O) groups is 1. The summed E-state index contributed by atoms with van der Waals surface area (Å²) in [5, 5.41) is 8.91. The van der Waals surface area contributed by atoms with Crippen LogP contribution in [0.15, 0.2) is 48.5 Å². The Morgan fingerprint density at radius 1 is 0.850 bits per heavy atom. The Bertz CT molecular complexity index is 751. The van der Waals surface area contributed by atoms with Gasteiger partial charge in [-0.25, -0.2) is 4.79 Å². The highest BCUT2D eigenvalue weighted by atomic mass is 32.1. The van der Waals surface area contributed by atoms with Crippen LogP contribution in [-0.2, 0) is 0 Å². The van der Waals surface area contributed by atoms with Crippen molar-refractivity contribution in [2.24, 2.45) is 0 Å². The number of hydrogen-bond acceptors (Lipinski definition) is 3. The maximum absolute atomic E-state index is 10.8. The first-order chi connectivity index (χ1) is 9.63. The third kappa shape index (κ3) is 2.53. The van der Waals surface area contributed by atoms with Crippen molar-refractivity contribution in [3.05, 3.63) is 59.0 Å². The van der Waals surface area contributed by atoms with Crippen LogP contribution in [0.25, 0.3) is 20.2 Å². The van der Waals surface area contributed by atoms with Crippen LogP contribution < -0.4 is 0 Å². The topological polar surface area (TPSA) is 37.3 Å². The second-order valence-electron chi connectivity index (χ2n) is 4.46. The highest BCUT2D eigenvalue weighted by molar-refractivity contribution is 7.23. The summed E-state index contributed by atoms with van der Waals surface area (Å²) in [6.45, 7) is 2.10. The van der Waals surface area contributed by atoms with Gasteiger partial charge < -0.3 is 5.11 Å². The molecule has 3 aromatic rings. The molecule has 0 saturated heterocycles. The van der Waals surface area contributed by atoms with E-state index in [0.29, 0.717) is 5.56 Å². The maximum atomic E-state index is 10.8. The predicted molar refractivity (Wildman–Crippen MR) is 84.8 cm³/mol. The molecule has 2 heterocycles. The number of rotatable bonds is 3. The van der Waals surface area contributed by atoms with E-state index in [4.69, 9.17) is 5.11 Å². The molecule has 0 aliphatic rings. The molecule has 0 bridgehead atoms. The molecule has 0 amide bonds. The summed E-state index contributed by atoms with van der Waals surface area (Å²) in [5.74, 6) is -0.891. The summed E-state index contributed by atoms with van der Waals surface area (Å²) in [4.78, 5) is 15.8. The van der Waals surface area contributed by atoms with Gasteiger partial charge in [0.15, 0.2) is 0 Å². The Balaban J connectivity index is 1.91. The number of carboxylic acids is 1. The third-order valence-electron chi connectivity index (χ3n) is 3.01. The standard InChI is InChI=1S/C16H12O2S2/c1-10-2-7-14(19-10)15-9-8-13(20-15)11-3-5-12(6-4-11)16(17)18/h2-9H,1H3,(H,17,18). The minimum absolute atomic E-state index is 0.319. The molecule has 4 heteroatoms. The first-order valence-corrected chi connectivity index (χ1v) is 7.77. The first kappa shape index (κ1) is 13.1. The van der Waals surface area contributed by atoms with Gasteiger partial charge in [-0.1, -0.05) is 12.1 Å². The molecule has 20 heavy (non-hydrogen) atoms. The Morgan fingerprint density at radius 2 is 1.45 bits per heavy atom. The van der Waals surface area contributed by atoms with E-state index in [2.05, 4.69) is 31.2 Å². The Labute approximate surface area is 125 Å². The van der Waals surface area contributed by atoms with Gasteiger partial charge >= 0.3 is 5.97 Å². The van der Waals surface area contributed by atoms with E-state index in [0.717, 1.165) is 10.4 Å². The van der Waals surface area contributed by atoms with Crippen molar-refractivity contribution < 1.29 is 9.90 Å². The molecular weight excluding hydrogens is 288 g/mol. The lowest BCUT2D eigenvalue weighted by molar-refractivity contribution is 0.0697. The molecule has 0 spiro atoms. The number of thiophene rings is 2. The average Bonchev–Trinajstić information content (AvgIpc) is 3.07. The van der Waals surface area contributed by atoms with Crippen LogP contribution in [0.4, 0.5) is 0 Å². The van der Waals surface area contributed by atoms with Crippen molar-refractivity contribution in [1.82, 2.24) is 0 Å². The fraction of sp³-hybridized carbons (Fsp3) is 0.0625. The van der Waals surface area contributed by atoms with E-state index in [1.165, 1.54) is 14.6 Å². The lowest BCUT2D eigenvalue weighted by Crippen LogP contribution is -1.94. The van der Waals surface area contributed by atoms with E-state index in [1.54, 1.807) is 34.8 Å². The van der Waals surface area contributed by atoms with Crippen LogP contribution in [0.3, 0.4) is 0 Å². The molecule has 0 saturated carbocycles. The van der Waals surface area contributed by atoms with E-state index in [1.807, 2.05) is 12.1 Å². The maximum Gasteiger partial charge on any atom is 0.335 e. The zero-order valence-corrected chi connectivity index (χ0v) is 12.4. The summed E-state index contributed by atoms with van der Waals surface area (Å²) in [6, 6.07) is 15.5. The van der Waals surface area contributed by atoms with Crippen molar-refractivity contribution in [1.29, 1.82) is 0 Å². The fourth-order valence-electron chi connectivity index (χ4n) is 1.97. The number of benzene rings is 1. The van der Waals surface area contributed by atoms with Crippen molar-refractivity contribution in [2.75, 3.05) is 0 Å². The van der Waals surface area contributed by atoms with Crippen molar-refractivity contribution in [3.63, 3.8) is 0 Å². The van der Waals surface area contributed by atoms with Crippen LogP contribution in [-0.4, -0.2) is 11.1 Å². The number of aromatic carboxylic acids is 1. The van der Waals surface area contributed by atoms with Crippen LogP contribution >= 0.6 is 22.7 Å². The summed E-state index contributed by atoms with van der Waals surface area (Å²) < 4.78 is 0. The zero-order valence-electron chi connectivity index (χ0n) is 10.8. The van der Waals surface area contributed by atoms with Gasteiger partial charge in [-0.15, -0.1) is 22.7 Å². The van der Waals surface area contributed by atoms with Gasteiger partial charge in [0.2, 0.25) is 0 Å². The van der Waals surface area contributed by atoms with Gasteiger partial charge in [-0.2, -0.15) is 0 Å². The summed E-state index contributed by atoms with van der Waals surface area (Å²) >= 11 is 3.52. The lowest BCUT2D eigenvalue weighted by Gasteiger charge is -1.98. The molecule has 100 valence electrons. The Kier molecular flexibility index (Phi) is 3.42. The molecule has 2 aromatic heterocycles.